The number of carbonyl (C=O) groups is 2. The lowest BCUT2D eigenvalue weighted by atomic mass is 9.46. The van der Waals surface area contributed by atoms with Gasteiger partial charge in [0.2, 0.25) is 5.79 Å². The van der Waals surface area contributed by atoms with Gasteiger partial charge in [0.1, 0.15) is 23.8 Å². The van der Waals surface area contributed by atoms with Crippen molar-refractivity contribution in [3.05, 3.63) is 0 Å². The van der Waals surface area contributed by atoms with Crippen LogP contribution in [-0.4, -0.2) is 43.1 Å². The molecule has 2 aliphatic heterocycles. The number of ketones is 2. The zero-order chi connectivity index (χ0) is 19.1. The molecule has 6 fully saturated rings. The Balaban J connectivity index is 1.35. The minimum absolute atomic E-state index is 0.00762. The standard InChI is InChI=1S/C22H30O6/c1-20-6-4-14(23)8-13(20)2-3-16-15-5-7-21(17(15)9-18(24)19(16)20)22(28-12-26-21)10-25-11-27-22/h13,15-17,19H,2-12H2,1H3/t13-,15-,16+,17+,19+,20-,21+,22+/m0/s1. The van der Waals surface area contributed by atoms with Gasteiger partial charge in [0.25, 0.3) is 0 Å². The van der Waals surface area contributed by atoms with Gasteiger partial charge in [0, 0.05) is 31.1 Å². The summed E-state index contributed by atoms with van der Waals surface area (Å²) in [6.07, 6.45) is 6.83. The predicted octanol–water partition coefficient (Wildman–Crippen LogP) is 2.83. The number of ether oxygens (including phenoxy) is 4. The minimum Gasteiger partial charge on any atom is -0.350 e. The maximum atomic E-state index is 13.6. The third-order valence-electron chi connectivity index (χ3n) is 9.54. The Morgan fingerprint density at radius 1 is 0.929 bits per heavy atom. The van der Waals surface area contributed by atoms with Crippen LogP contribution < -0.4 is 0 Å². The van der Waals surface area contributed by atoms with E-state index >= 15 is 0 Å². The van der Waals surface area contributed by atoms with Crippen molar-refractivity contribution in [2.75, 3.05) is 20.2 Å². The molecular formula is C22H30O6. The lowest BCUT2D eigenvalue weighted by Gasteiger charge is -2.57. The molecule has 2 spiro atoms. The van der Waals surface area contributed by atoms with Crippen molar-refractivity contribution in [3.63, 3.8) is 0 Å². The number of rotatable bonds is 0. The first-order chi connectivity index (χ1) is 13.5. The van der Waals surface area contributed by atoms with Gasteiger partial charge in [-0.15, -0.1) is 0 Å². The second kappa shape index (κ2) is 5.87. The summed E-state index contributed by atoms with van der Waals surface area (Å²) in [5, 5.41) is 0. The smallest absolute Gasteiger partial charge is 0.226 e. The van der Waals surface area contributed by atoms with E-state index in [2.05, 4.69) is 6.92 Å². The molecule has 8 atom stereocenters. The second-order valence-corrected chi connectivity index (χ2v) is 10.3. The summed E-state index contributed by atoms with van der Waals surface area (Å²) >= 11 is 0. The molecule has 0 aromatic carbocycles. The van der Waals surface area contributed by atoms with Gasteiger partial charge >= 0.3 is 0 Å². The summed E-state index contributed by atoms with van der Waals surface area (Å²) in [6, 6.07) is 0. The molecule has 0 N–H and O–H groups in total. The van der Waals surface area contributed by atoms with Crippen LogP contribution in [0, 0.1) is 35.0 Å². The molecule has 6 nitrogen and oxygen atoms in total. The number of carbonyl (C=O) groups excluding carboxylic acids is 2. The summed E-state index contributed by atoms with van der Waals surface area (Å²) in [7, 11) is 0. The number of hydrogen-bond donors (Lipinski definition) is 0. The molecule has 0 aromatic rings. The quantitative estimate of drug-likeness (QED) is 0.633. The molecule has 0 unspecified atom stereocenters. The summed E-state index contributed by atoms with van der Waals surface area (Å²) in [5.74, 6) is 1.46. The van der Waals surface area contributed by atoms with Gasteiger partial charge < -0.3 is 18.9 Å². The SMILES string of the molecule is C[C@]12CCC(=O)C[C@@H]1CC[C@@H]1[C@@H]3CC[C@@]4(OCO[C@]45COCO5)[C@@H]3CC(=O)[C@@H]12. The largest absolute Gasteiger partial charge is 0.350 e. The summed E-state index contributed by atoms with van der Waals surface area (Å²) < 4.78 is 23.7. The Morgan fingerprint density at radius 3 is 2.61 bits per heavy atom. The Bertz CT molecular complexity index is 708. The molecule has 2 heterocycles. The fraction of sp³-hybridized carbons (Fsp3) is 0.909. The van der Waals surface area contributed by atoms with Gasteiger partial charge in [-0.2, -0.15) is 0 Å². The van der Waals surface area contributed by atoms with Crippen LogP contribution in [-0.2, 0) is 28.5 Å². The second-order valence-electron chi connectivity index (χ2n) is 10.3. The third kappa shape index (κ3) is 2.08. The molecule has 4 saturated carbocycles. The molecular weight excluding hydrogens is 360 g/mol. The Morgan fingerprint density at radius 2 is 1.79 bits per heavy atom. The summed E-state index contributed by atoms with van der Waals surface area (Å²) in [4.78, 5) is 25.7. The molecule has 4 aliphatic carbocycles. The van der Waals surface area contributed by atoms with Crippen molar-refractivity contribution < 1.29 is 28.5 Å². The Hall–Kier alpha value is -0.820. The van der Waals surface area contributed by atoms with Gasteiger partial charge in [-0.25, -0.2) is 0 Å². The van der Waals surface area contributed by atoms with Gasteiger partial charge in [-0.3, -0.25) is 9.59 Å². The highest BCUT2D eigenvalue weighted by molar-refractivity contribution is 5.85. The van der Waals surface area contributed by atoms with E-state index in [-0.39, 0.29) is 30.8 Å². The summed E-state index contributed by atoms with van der Waals surface area (Å²) in [5.41, 5.74) is -0.554. The molecule has 6 rings (SSSR count). The van der Waals surface area contributed by atoms with Gasteiger partial charge in [-0.05, 0) is 55.3 Å². The molecule has 2 saturated heterocycles. The zero-order valence-electron chi connectivity index (χ0n) is 16.6. The van der Waals surface area contributed by atoms with Crippen molar-refractivity contribution in [2.45, 2.75) is 69.7 Å². The van der Waals surface area contributed by atoms with Crippen LogP contribution in [0.5, 0.6) is 0 Å². The molecule has 0 amide bonds. The van der Waals surface area contributed by atoms with Crippen molar-refractivity contribution in [2.24, 2.45) is 35.0 Å². The Labute approximate surface area is 165 Å². The highest BCUT2D eigenvalue weighted by atomic mass is 16.9. The highest BCUT2D eigenvalue weighted by Crippen LogP contribution is 2.66. The Kier molecular flexibility index (Phi) is 3.77. The van der Waals surface area contributed by atoms with Crippen LogP contribution in [0.3, 0.4) is 0 Å². The number of hydrogen-bond acceptors (Lipinski definition) is 6. The molecule has 0 aromatic heterocycles. The summed E-state index contributed by atoms with van der Waals surface area (Å²) in [6.45, 7) is 3.14. The van der Waals surface area contributed by atoms with Crippen molar-refractivity contribution in [3.8, 4) is 0 Å². The van der Waals surface area contributed by atoms with E-state index in [1.54, 1.807) is 0 Å². The fourth-order valence-electron chi connectivity index (χ4n) is 8.26. The average molecular weight is 390 g/mol. The highest BCUT2D eigenvalue weighted by Gasteiger charge is 2.72. The maximum absolute atomic E-state index is 13.6. The minimum atomic E-state index is -0.835. The van der Waals surface area contributed by atoms with E-state index in [9.17, 15) is 9.59 Å². The van der Waals surface area contributed by atoms with E-state index in [0.717, 1.165) is 32.1 Å². The van der Waals surface area contributed by atoms with Crippen LogP contribution >= 0.6 is 0 Å². The van der Waals surface area contributed by atoms with Gasteiger partial charge in [-0.1, -0.05) is 6.92 Å². The van der Waals surface area contributed by atoms with Crippen molar-refractivity contribution in [1.29, 1.82) is 0 Å². The number of Topliss-reactive ketones (excluding diaryl/α,β-unsaturated/α-hetero) is 2. The van der Waals surface area contributed by atoms with Crippen LogP contribution in [0.1, 0.15) is 58.3 Å². The average Bonchev–Trinajstić information content (AvgIpc) is 3.38. The first kappa shape index (κ1) is 18.0. The molecule has 28 heavy (non-hydrogen) atoms. The lowest BCUT2D eigenvalue weighted by molar-refractivity contribution is -0.226. The molecule has 6 aliphatic rings. The van der Waals surface area contributed by atoms with Crippen LogP contribution in [0.15, 0.2) is 0 Å². The van der Waals surface area contributed by atoms with Crippen molar-refractivity contribution in [1.82, 2.24) is 0 Å². The predicted molar refractivity (Wildman–Crippen MR) is 96.9 cm³/mol. The normalized spacial score (nSPS) is 55.5. The fourth-order valence-corrected chi connectivity index (χ4v) is 8.26. The lowest BCUT2D eigenvalue weighted by Crippen LogP contribution is -2.61. The van der Waals surface area contributed by atoms with E-state index < -0.39 is 11.4 Å². The molecule has 154 valence electrons. The van der Waals surface area contributed by atoms with E-state index in [0.29, 0.717) is 55.2 Å². The molecule has 6 heteroatoms. The number of fused-ring (bicyclic) bond motifs is 7. The monoisotopic (exact) mass is 390 g/mol. The van der Waals surface area contributed by atoms with E-state index in [1.165, 1.54) is 0 Å². The van der Waals surface area contributed by atoms with E-state index in [4.69, 9.17) is 18.9 Å². The first-order valence-corrected chi connectivity index (χ1v) is 11.0. The topological polar surface area (TPSA) is 71.1 Å². The van der Waals surface area contributed by atoms with Crippen molar-refractivity contribution >= 4 is 11.6 Å². The van der Waals surface area contributed by atoms with Crippen LogP contribution in [0.2, 0.25) is 0 Å². The van der Waals surface area contributed by atoms with Gasteiger partial charge in [0.05, 0.1) is 0 Å². The van der Waals surface area contributed by atoms with Crippen LogP contribution in [0.4, 0.5) is 0 Å². The van der Waals surface area contributed by atoms with E-state index in [1.807, 2.05) is 0 Å². The zero-order valence-corrected chi connectivity index (χ0v) is 16.6. The van der Waals surface area contributed by atoms with Crippen LogP contribution in [0.25, 0.3) is 0 Å². The molecule has 0 radical (unpaired) electrons. The third-order valence-corrected chi connectivity index (χ3v) is 9.54. The first-order valence-electron chi connectivity index (χ1n) is 11.0. The maximum Gasteiger partial charge on any atom is 0.226 e. The molecule has 0 bridgehead atoms. The van der Waals surface area contributed by atoms with Gasteiger partial charge in [0.15, 0.2) is 13.6 Å².